The third-order valence-electron chi connectivity index (χ3n) is 5.75. The van der Waals surface area contributed by atoms with Crippen molar-refractivity contribution in [3.8, 4) is 0 Å². The number of hydrogen-bond acceptors (Lipinski definition) is 4. The van der Waals surface area contributed by atoms with E-state index in [9.17, 15) is 13.2 Å². The van der Waals surface area contributed by atoms with Gasteiger partial charge in [0.25, 0.3) is 10.0 Å². The molecule has 0 saturated carbocycles. The number of nitrogens with one attached hydrogen (secondary N) is 2. The van der Waals surface area contributed by atoms with Crippen LogP contribution in [0.3, 0.4) is 0 Å². The molecule has 8 nitrogen and oxygen atoms in total. The van der Waals surface area contributed by atoms with Gasteiger partial charge >= 0.3 is 6.03 Å². The summed E-state index contributed by atoms with van der Waals surface area (Å²) in [5.41, 5.74) is 9.26. The lowest BCUT2D eigenvalue weighted by Crippen LogP contribution is -2.43. The number of aryl methyl sites for hydroxylation is 1. The normalized spacial score (nSPS) is 12.8. The summed E-state index contributed by atoms with van der Waals surface area (Å²) in [5.74, 6) is 0.00586. The molecule has 0 unspecified atom stereocenters. The number of halogens is 1. The van der Waals surface area contributed by atoms with E-state index in [1.165, 1.54) is 0 Å². The molecule has 35 heavy (non-hydrogen) atoms. The zero-order valence-corrected chi connectivity index (χ0v) is 20.9. The number of nitrogens with two attached hydrogens (primary N) is 1. The van der Waals surface area contributed by atoms with E-state index in [2.05, 4.69) is 4.72 Å². The fourth-order valence-corrected chi connectivity index (χ4v) is 5.08. The molecule has 10 heteroatoms. The van der Waals surface area contributed by atoms with Gasteiger partial charge in [0.1, 0.15) is 5.84 Å². The second-order valence-corrected chi connectivity index (χ2v) is 9.95. The van der Waals surface area contributed by atoms with E-state index in [-0.39, 0.29) is 29.2 Å². The molecular formula is C25H28ClN5O3S. The van der Waals surface area contributed by atoms with E-state index < -0.39 is 10.0 Å². The molecule has 4 N–H and O–H groups in total. The van der Waals surface area contributed by atoms with Crippen molar-refractivity contribution in [2.45, 2.75) is 24.3 Å². The van der Waals surface area contributed by atoms with Crippen LogP contribution in [-0.2, 0) is 23.0 Å². The summed E-state index contributed by atoms with van der Waals surface area (Å²) >= 11 is 0. The molecule has 0 fully saturated rings. The Labute approximate surface area is 211 Å². The first-order chi connectivity index (χ1) is 16.2. The molecule has 0 aliphatic carbocycles. The number of nitrogen functional groups attached to an aromatic ring is 1. The maximum Gasteiger partial charge on any atom is 0.324 e. The number of benzene rings is 3. The van der Waals surface area contributed by atoms with Crippen LogP contribution in [0.15, 0.2) is 77.7 Å². The van der Waals surface area contributed by atoms with Crippen LogP contribution in [0.1, 0.15) is 23.1 Å². The van der Waals surface area contributed by atoms with Gasteiger partial charge < -0.3 is 10.6 Å². The Hall–Kier alpha value is -3.56. The summed E-state index contributed by atoms with van der Waals surface area (Å²) in [6.45, 7) is 1.01. The first kappa shape index (κ1) is 26.1. The van der Waals surface area contributed by atoms with E-state index in [1.54, 1.807) is 77.5 Å². The van der Waals surface area contributed by atoms with Crippen LogP contribution < -0.4 is 15.4 Å². The largest absolute Gasteiger partial charge is 0.384 e. The van der Waals surface area contributed by atoms with Gasteiger partial charge in [0.05, 0.1) is 4.90 Å². The molecule has 1 aliphatic heterocycles. The molecular weight excluding hydrogens is 486 g/mol. The summed E-state index contributed by atoms with van der Waals surface area (Å²) in [6, 6.07) is 20.6. The minimum Gasteiger partial charge on any atom is -0.384 e. The van der Waals surface area contributed by atoms with E-state index in [4.69, 9.17) is 11.1 Å². The van der Waals surface area contributed by atoms with Gasteiger partial charge in [-0.05, 0) is 54.3 Å². The minimum atomic E-state index is -3.69. The number of carbonyl (C=O) groups is 1. The second kappa shape index (κ2) is 10.8. The summed E-state index contributed by atoms with van der Waals surface area (Å²) in [6.07, 6.45) is 1.55. The Bertz CT molecular complexity index is 1310. The van der Waals surface area contributed by atoms with Gasteiger partial charge in [-0.3, -0.25) is 15.0 Å². The minimum absolute atomic E-state index is 0. The molecule has 0 radical (unpaired) electrons. The number of nitrogens with zero attached hydrogens (tertiary/aromatic N) is 2. The standard InChI is InChI=1S/C25H27N5O3S.ClH/c1-29(17-18-9-11-19(12-10-18)24(26)27)25(31)30-15-5-6-20-16-21(13-14-23(20)30)28-34(32,33)22-7-3-2-4-8-22;/h2-4,7-14,16,28H,5-6,15,17H2,1H3,(H3,26,27);1H. The first-order valence-corrected chi connectivity index (χ1v) is 12.4. The predicted molar refractivity (Wildman–Crippen MR) is 141 cm³/mol. The molecule has 1 heterocycles. The van der Waals surface area contributed by atoms with Crippen molar-refractivity contribution < 1.29 is 13.2 Å². The fourth-order valence-electron chi connectivity index (χ4n) is 4.01. The van der Waals surface area contributed by atoms with Crippen LogP contribution in [-0.4, -0.2) is 38.8 Å². The van der Waals surface area contributed by atoms with Crippen LogP contribution in [0, 0.1) is 5.41 Å². The molecule has 0 aromatic heterocycles. The Kier molecular flexibility index (Phi) is 8.03. The van der Waals surface area contributed by atoms with Crippen molar-refractivity contribution in [2.24, 2.45) is 5.73 Å². The highest BCUT2D eigenvalue weighted by Crippen LogP contribution is 2.31. The van der Waals surface area contributed by atoms with E-state index in [1.807, 2.05) is 12.1 Å². The van der Waals surface area contributed by atoms with Crippen molar-refractivity contribution in [1.29, 1.82) is 5.41 Å². The molecule has 3 aromatic carbocycles. The van der Waals surface area contributed by atoms with Gasteiger partial charge in [-0.15, -0.1) is 12.4 Å². The van der Waals surface area contributed by atoms with Crippen LogP contribution in [0.5, 0.6) is 0 Å². The van der Waals surface area contributed by atoms with Gasteiger partial charge in [-0.1, -0.05) is 42.5 Å². The van der Waals surface area contributed by atoms with Crippen molar-refractivity contribution in [3.05, 3.63) is 89.5 Å². The number of sulfonamides is 1. The number of amidine groups is 1. The number of carbonyl (C=O) groups excluding carboxylic acids is 1. The SMILES string of the molecule is CN(Cc1ccc(C(=N)N)cc1)C(=O)N1CCCc2cc(NS(=O)(=O)c3ccccc3)ccc21.Cl. The van der Waals surface area contributed by atoms with E-state index in [0.29, 0.717) is 24.3 Å². The van der Waals surface area contributed by atoms with Crippen molar-refractivity contribution in [2.75, 3.05) is 23.2 Å². The predicted octanol–water partition coefficient (Wildman–Crippen LogP) is 4.20. The molecule has 0 saturated heterocycles. The van der Waals surface area contributed by atoms with Gasteiger partial charge in [-0.2, -0.15) is 0 Å². The zero-order valence-electron chi connectivity index (χ0n) is 19.3. The summed E-state index contributed by atoms with van der Waals surface area (Å²) in [5, 5.41) is 7.49. The second-order valence-electron chi connectivity index (χ2n) is 8.27. The number of fused-ring (bicyclic) bond motifs is 1. The van der Waals surface area contributed by atoms with Crippen LogP contribution >= 0.6 is 12.4 Å². The van der Waals surface area contributed by atoms with Crippen LogP contribution in [0.4, 0.5) is 16.2 Å². The lowest BCUT2D eigenvalue weighted by atomic mass is 10.0. The maximum atomic E-state index is 13.2. The van der Waals surface area contributed by atoms with Gasteiger partial charge in [0, 0.05) is 37.1 Å². The number of anilines is 2. The Morgan fingerprint density at radius 2 is 1.77 bits per heavy atom. The van der Waals surface area contributed by atoms with E-state index >= 15 is 0 Å². The summed E-state index contributed by atoms with van der Waals surface area (Å²) in [7, 11) is -1.94. The number of amides is 2. The Morgan fingerprint density at radius 3 is 2.43 bits per heavy atom. The molecule has 3 aromatic rings. The Morgan fingerprint density at radius 1 is 1.09 bits per heavy atom. The first-order valence-electron chi connectivity index (χ1n) is 10.9. The summed E-state index contributed by atoms with van der Waals surface area (Å²) in [4.78, 5) is 16.8. The highest BCUT2D eigenvalue weighted by atomic mass is 35.5. The summed E-state index contributed by atoms with van der Waals surface area (Å²) < 4.78 is 28.0. The number of hydrogen-bond donors (Lipinski definition) is 3. The van der Waals surface area contributed by atoms with Gasteiger partial charge in [0.15, 0.2) is 0 Å². The quantitative estimate of drug-likeness (QED) is 0.338. The monoisotopic (exact) mass is 513 g/mol. The zero-order chi connectivity index (χ0) is 24.3. The Balaban J connectivity index is 0.00000342. The lowest BCUT2D eigenvalue weighted by molar-refractivity contribution is 0.213. The highest BCUT2D eigenvalue weighted by molar-refractivity contribution is 7.92. The molecule has 4 rings (SSSR count). The maximum absolute atomic E-state index is 13.2. The third kappa shape index (κ3) is 5.93. The average molecular weight is 514 g/mol. The van der Waals surface area contributed by atoms with Crippen LogP contribution in [0.25, 0.3) is 0 Å². The third-order valence-corrected chi connectivity index (χ3v) is 7.14. The van der Waals surface area contributed by atoms with Crippen molar-refractivity contribution >= 4 is 45.7 Å². The molecule has 0 atom stereocenters. The smallest absolute Gasteiger partial charge is 0.324 e. The van der Waals surface area contributed by atoms with Crippen LogP contribution in [0.2, 0.25) is 0 Å². The number of urea groups is 1. The molecule has 1 aliphatic rings. The lowest BCUT2D eigenvalue weighted by Gasteiger charge is -2.33. The van der Waals surface area contributed by atoms with E-state index in [0.717, 1.165) is 29.7 Å². The fraction of sp³-hybridized carbons (Fsp3) is 0.200. The van der Waals surface area contributed by atoms with Crippen molar-refractivity contribution in [1.82, 2.24) is 4.90 Å². The van der Waals surface area contributed by atoms with Crippen molar-refractivity contribution in [3.63, 3.8) is 0 Å². The van der Waals surface area contributed by atoms with Gasteiger partial charge in [-0.25, -0.2) is 13.2 Å². The molecule has 2 amide bonds. The molecule has 0 spiro atoms. The number of rotatable bonds is 6. The molecule has 184 valence electrons. The highest BCUT2D eigenvalue weighted by Gasteiger charge is 2.26. The average Bonchev–Trinajstić information content (AvgIpc) is 2.83. The topological polar surface area (TPSA) is 120 Å². The molecule has 0 bridgehead atoms. The van der Waals surface area contributed by atoms with Gasteiger partial charge in [0.2, 0.25) is 0 Å².